The number of hydrogen-bond donors (Lipinski definition) is 0. The molecule has 0 saturated heterocycles. The molecule has 1 unspecified atom stereocenters. The molecule has 0 spiro atoms. The van der Waals surface area contributed by atoms with Crippen LogP contribution in [0.25, 0.3) is 11.0 Å². The van der Waals surface area contributed by atoms with Gasteiger partial charge in [0.25, 0.3) is 5.91 Å². The summed E-state index contributed by atoms with van der Waals surface area (Å²) in [6.45, 7) is 3.16. The molecule has 3 aromatic rings. The van der Waals surface area contributed by atoms with Crippen LogP contribution in [0.1, 0.15) is 39.7 Å². The molecule has 0 fully saturated rings. The Hall–Kier alpha value is -2.83. The molecule has 1 amide bonds. The second-order valence-electron chi connectivity index (χ2n) is 8.11. The summed E-state index contributed by atoms with van der Waals surface area (Å²) in [6, 6.07) is 10.3. The first-order valence-electron chi connectivity index (χ1n) is 10.2. The molecule has 0 saturated carbocycles. The molecular formula is C24H25ClN2O4. The van der Waals surface area contributed by atoms with E-state index in [1.54, 1.807) is 24.1 Å². The number of fused-ring (bicyclic) bond motifs is 2. The fourth-order valence-electron chi connectivity index (χ4n) is 4.09. The molecule has 0 N–H and O–H groups in total. The second-order valence-corrected chi connectivity index (χ2v) is 8.51. The van der Waals surface area contributed by atoms with Gasteiger partial charge in [-0.3, -0.25) is 9.59 Å². The van der Waals surface area contributed by atoms with E-state index in [-0.39, 0.29) is 17.1 Å². The smallest absolute Gasteiger partial charge is 0.290 e. The normalized spacial score (nSPS) is 15.7. The average molecular weight is 441 g/mol. The van der Waals surface area contributed by atoms with E-state index in [1.807, 2.05) is 45.3 Å². The molecule has 0 radical (unpaired) electrons. The van der Waals surface area contributed by atoms with Gasteiger partial charge in [-0.2, -0.15) is 0 Å². The lowest BCUT2D eigenvalue weighted by atomic mass is 9.98. The van der Waals surface area contributed by atoms with E-state index in [2.05, 4.69) is 4.90 Å². The third-order valence-corrected chi connectivity index (χ3v) is 6.07. The van der Waals surface area contributed by atoms with Crippen LogP contribution in [-0.4, -0.2) is 50.0 Å². The Morgan fingerprint density at radius 3 is 2.68 bits per heavy atom. The van der Waals surface area contributed by atoms with Crippen LogP contribution < -0.4 is 10.2 Å². The summed E-state index contributed by atoms with van der Waals surface area (Å²) in [6.07, 6.45) is 0.770. The number of carbonyl (C=O) groups excluding carboxylic acids is 1. The van der Waals surface area contributed by atoms with Crippen molar-refractivity contribution in [3.05, 3.63) is 74.1 Å². The van der Waals surface area contributed by atoms with Gasteiger partial charge in [-0.1, -0.05) is 23.7 Å². The van der Waals surface area contributed by atoms with Gasteiger partial charge in [0.2, 0.25) is 5.76 Å². The maximum atomic E-state index is 13.6. The van der Waals surface area contributed by atoms with E-state index >= 15 is 0 Å². The number of carbonyl (C=O) groups is 1. The van der Waals surface area contributed by atoms with Crippen LogP contribution in [0, 0.1) is 6.92 Å². The number of aryl methyl sites for hydroxylation is 1. The zero-order valence-electron chi connectivity index (χ0n) is 18.1. The molecule has 4 rings (SSSR count). The van der Waals surface area contributed by atoms with E-state index in [9.17, 15) is 9.59 Å². The fraction of sp³-hybridized carbons (Fsp3) is 0.333. The Morgan fingerprint density at radius 1 is 1.19 bits per heavy atom. The van der Waals surface area contributed by atoms with Gasteiger partial charge >= 0.3 is 0 Å². The largest absolute Gasteiger partial charge is 0.497 e. The lowest BCUT2D eigenvalue weighted by molar-refractivity contribution is 0.0722. The van der Waals surface area contributed by atoms with Crippen molar-refractivity contribution in [1.82, 2.24) is 9.80 Å². The number of hydrogen-bond acceptors (Lipinski definition) is 5. The second kappa shape index (κ2) is 8.36. The molecule has 1 aromatic heterocycles. The Morgan fingerprint density at radius 2 is 1.97 bits per heavy atom. The summed E-state index contributed by atoms with van der Waals surface area (Å²) in [5, 5.41) is 0.870. The molecule has 1 atom stereocenters. The molecule has 1 aliphatic rings. The van der Waals surface area contributed by atoms with Crippen LogP contribution in [0.2, 0.25) is 5.02 Å². The fourth-order valence-corrected chi connectivity index (χ4v) is 4.25. The molecule has 0 bridgehead atoms. The average Bonchev–Trinajstić information content (AvgIpc) is 3.02. The molecule has 2 aromatic carbocycles. The van der Waals surface area contributed by atoms with E-state index in [0.29, 0.717) is 33.8 Å². The van der Waals surface area contributed by atoms with Gasteiger partial charge in [0.1, 0.15) is 11.3 Å². The molecule has 31 heavy (non-hydrogen) atoms. The van der Waals surface area contributed by atoms with Gasteiger partial charge in [-0.15, -0.1) is 0 Å². The Kier molecular flexibility index (Phi) is 5.77. The topological polar surface area (TPSA) is 63.0 Å². The van der Waals surface area contributed by atoms with Crippen molar-refractivity contribution in [3.8, 4) is 5.75 Å². The number of amides is 1. The van der Waals surface area contributed by atoms with Crippen LogP contribution in [0.3, 0.4) is 0 Å². The maximum absolute atomic E-state index is 13.6. The zero-order valence-corrected chi connectivity index (χ0v) is 18.8. The molecular weight excluding hydrogens is 416 g/mol. The lowest BCUT2D eigenvalue weighted by Crippen LogP contribution is -2.32. The summed E-state index contributed by atoms with van der Waals surface area (Å²) in [4.78, 5) is 30.7. The highest BCUT2D eigenvalue weighted by atomic mass is 35.5. The van der Waals surface area contributed by atoms with Gasteiger partial charge in [0.15, 0.2) is 5.43 Å². The molecule has 6 nitrogen and oxygen atoms in total. The van der Waals surface area contributed by atoms with Gasteiger partial charge < -0.3 is 19.0 Å². The highest BCUT2D eigenvalue weighted by Crippen LogP contribution is 2.39. The minimum absolute atomic E-state index is 0.108. The van der Waals surface area contributed by atoms with Crippen LogP contribution >= 0.6 is 11.6 Å². The van der Waals surface area contributed by atoms with E-state index < -0.39 is 6.04 Å². The van der Waals surface area contributed by atoms with Crippen molar-refractivity contribution in [2.75, 3.05) is 34.3 Å². The van der Waals surface area contributed by atoms with E-state index in [0.717, 1.165) is 24.1 Å². The highest BCUT2D eigenvalue weighted by Gasteiger charge is 2.42. The van der Waals surface area contributed by atoms with Crippen molar-refractivity contribution in [3.63, 3.8) is 0 Å². The molecule has 2 heterocycles. The van der Waals surface area contributed by atoms with Crippen molar-refractivity contribution in [2.24, 2.45) is 0 Å². The first kappa shape index (κ1) is 21.4. The molecule has 162 valence electrons. The van der Waals surface area contributed by atoms with Crippen LogP contribution in [0.4, 0.5) is 0 Å². The predicted octanol–water partition coefficient (Wildman–Crippen LogP) is 4.26. The summed E-state index contributed by atoms with van der Waals surface area (Å²) in [7, 11) is 5.57. The number of methoxy groups -OCH3 is 1. The number of halogens is 1. The van der Waals surface area contributed by atoms with Gasteiger partial charge in [-0.05, 0) is 69.4 Å². The van der Waals surface area contributed by atoms with E-state index in [1.165, 1.54) is 0 Å². The number of nitrogens with zero attached hydrogens (tertiary/aromatic N) is 2. The third kappa shape index (κ3) is 3.82. The number of rotatable bonds is 6. The van der Waals surface area contributed by atoms with E-state index in [4.69, 9.17) is 20.8 Å². The van der Waals surface area contributed by atoms with Gasteiger partial charge in [-0.25, -0.2) is 0 Å². The highest BCUT2D eigenvalue weighted by molar-refractivity contribution is 6.32. The Bertz CT molecular complexity index is 1220. The standard InChI is InChI=1S/C24H25ClN2O4/c1-14-11-19-17(13-18(14)25)22(28)20-21(15-7-5-8-16(12-15)30-4)27(10-6-9-26(2)3)24(29)23(20)31-19/h5,7-8,11-13,21H,6,9-10H2,1-4H3. The summed E-state index contributed by atoms with van der Waals surface area (Å²) in [5.74, 6) is 0.501. The van der Waals surface area contributed by atoms with Crippen molar-refractivity contribution in [2.45, 2.75) is 19.4 Å². The quantitative estimate of drug-likeness (QED) is 0.573. The SMILES string of the molecule is COc1cccc(C2c3c(oc4cc(C)c(Cl)cc4c3=O)C(=O)N2CCCN(C)C)c1. The van der Waals surface area contributed by atoms with Crippen molar-refractivity contribution in [1.29, 1.82) is 0 Å². The van der Waals surface area contributed by atoms with Crippen LogP contribution in [0.15, 0.2) is 45.6 Å². The molecule has 0 aliphatic carbocycles. The van der Waals surface area contributed by atoms with Crippen LogP contribution in [-0.2, 0) is 0 Å². The summed E-state index contributed by atoms with van der Waals surface area (Å²) >= 11 is 6.28. The monoisotopic (exact) mass is 440 g/mol. The maximum Gasteiger partial charge on any atom is 0.290 e. The van der Waals surface area contributed by atoms with Crippen LogP contribution in [0.5, 0.6) is 5.75 Å². The zero-order chi connectivity index (χ0) is 22.3. The number of ether oxygens (including phenoxy) is 1. The first-order valence-corrected chi connectivity index (χ1v) is 10.6. The minimum Gasteiger partial charge on any atom is -0.497 e. The summed E-state index contributed by atoms with van der Waals surface area (Å²) < 4.78 is 11.4. The van der Waals surface area contributed by atoms with Crippen molar-refractivity contribution >= 4 is 28.5 Å². The van der Waals surface area contributed by atoms with Crippen molar-refractivity contribution < 1.29 is 13.9 Å². The Balaban J connectivity index is 1.91. The summed E-state index contributed by atoms with van der Waals surface area (Å²) in [5.41, 5.74) is 2.10. The predicted molar refractivity (Wildman–Crippen MR) is 121 cm³/mol. The van der Waals surface area contributed by atoms with Gasteiger partial charge in [0.05, 0.1) is 24.1 Å². The van der Waals surface area contributed by atoms with Gasteiger partial charge in [0, 0.05) is 11.6 Å². The Labute approximate surface area is 186 Å². The number of benzene rings is 2. The lowest BCUT2D eigenvalue weighted by Gasteiger charge is -2.26. The molecule has 7 heteroatoms. The third-order valence-electron chi connectivity index (χ3n) is 5.66. The first-order chi connectivity index (χ1) is 14.8. The minimum atomic E-state index is -0.541. The molecule has 1 aliphatic heterocycles.